The molecule has 120 valence electrons. The summed E-state index contributed by atoms with van der Waals surface area (Å²) in [6.45, 7) is 0. The van der Waals surface area contributed by atoms with Crippen LogP contribution in [0.15, 0.2) is 30.3 Å². The lowest BCUT2D eigenvalue weighted by molar-refractivity contribution is -0.134. The summed E-state index contributed by atoms with van der Waals surface area (Å²) in [5, 5.41) is 22.6. The summed E-state index contributed by atoms with van der Waals surface area (Å²) < 4.78 is 0. The number of hydrogen-bond acceptors (Lipinski definition) is 5. The van der Waals surface area contributed by atoms with E-state index in [4.69, 9.17) is 0 Å². The highest BCUT2D eigenvalue weighted by atomic mass is 16.4. The Balaban J connectivity index is 1.90. The number of piperidine rings is 1. The van der Waals surface area contributed by atoms with E-state index in [-0.39, 0.29) is 30.1 Å². The van der Waals surface area contributed by atoms with Crippen LogP contribution < -0.4 is 15.7 Å². The van der Waals surface area contributed by atoms with Crippen molar-refractivity contribution in [3.8, 4) is 0 Å². The monoisotopic (exact) mass is 324 g/mol. The lowest BCUT2D eigenvalue weighted by Gasteiger charge is -2.30. The van der Waals surface area contributed by atoms with E-state index in [1.54, 1.807) is 24.3 Å². The fourth-order valence-corrected chi connectivity index (χ4v) is 3.42. The second-order valence-electron chi connectivity index (χ2n) is 5.96. The molecule has 0 radical (unpaired) electrons. The average Bonchev–Trinajstić information content (AvgIpc) is 2.82. The SMILES string of the molecule is O=C1CCC(N2C(=O)c3cccc4cc(B(O)O)cc2c34)C(=O)N1. The van der Waals surface area contributed by atoms with Crippen LogP contribution >= 0.6 is 0 Å². The topological polar surface area (TPSA) is 107 Å². The van der Waals surface area contributed by atoms with Gasteiger partial charge in [0, 0.05) is 17.4 Å². The van der Waals surface area contributed by atoms with Gasteiger partial charge in [-0.05, 0) is 29.4 Å². The summed E-state index contributed by atoms with van der Waals surface area (Å²) in [4.78, 5) is 37.7. The molecular formula is C16H13BN2O5. The van der Waals surface area contributed by atoms with Gasteiger partial charge in [-0.1, -0.05) is 18.2 Å². The molecule has 2 aromatic carbocycles. The standard InChI is InChI=1S/C16H13BN2O5/c20-13-5-4-11(15(21)18-13)19-12-7-9(17(23)24)6-8-2-1-3-10(14(8)12)16(19)22/h1-3,6-7,11,23-24H,4-5H2,(H,18,20,21). The van der Waals surface area contributed by atoms with Gasteiger partial charge in [0.2, 0.25) is 11.8 Å². The molecule has 0 saturated carbocycles. The number of imide groups is 1. The summed E-state index contributed by atoms with van der Waals surface area (Å²) in [5.74, 6) is -1.20. The zero-order valence-electron chi connectivity index (χ0n) is 12.5. The van der Waals surface area contributed by atoms with Gasteiger partial charge in [0.25, 0.3) is 5.91 Å². The number of nitrogens with one attached hydrogen (secondary N) is 1. The number of carbonyl (C=O) groups excluding carboxylic acids is 3. The molecule has 2 heterocycles. The molecule has 4 rings (SSSR count). The van der Waals surface area contributed by atoms with Crippen LogP contribution in [0.5, 0.6) is 0 Å². The third-order valence-corrected chi connectivity index (χ3v) is 4.51. The maximum absolute atomic E-state index is 12.8. The molecule has 1 atom stereocenters. The molecule has 7 nitrogen and oxygen atoms in total. The highest BCUT2D eigenvalue weighted by Crippen LogP contribution is 2.39. The summed E-state index contributed by atoms with van der Waals surface area (Å²) >= 11 is 0. The van der Waals surface area contributed by atoms with E-state index in [1.807, 2.05) is 0 Å². The molecule has 8 heteroatoms. The Labute approximate surface area is 137 Å². The summed E-state index contributed by atoms with van der Waals surface area (Å²) in [6.07, 6.45) is 0.389. The van der Waals surface area contributed by atoms with Crippen molar-refractivity contribution in [3.63, 3.8) is 0 Å². The first-order valence-corrected chi connectivity index (χ1v) is 7.57. The minimum absolute atomic E-state index is 0.155. The molecule has 24 heavy (non-hydrogen) atoms. The first-order chi connectivity index (χ1) is 11.5. The van der Waals surface area contributed by atoms with Gasteiger partial charge in [0.1, 0.15) is 6.04 Å². The lowest BCUT2D eigenvalue weighted by atomic mass is 9.79. The number of hydrogen-bond donors (Lipinski definition) is 3. The molecule has 0 aromatic heterocycles. The molecule has 2 aliphatic rings. The van der Waals surface area contributed by atoms with E-state index < -0.39 is 19.1 Å². The molecule has 1 unspecified atom stereocenters. The van der Waals surface area contributed by atoms with E-state index in [0.717, 1.165) is 0 Å². The molecule has 0 aliphatic carbocycles. The van der Waals surface area contributed by atoms with Crippen molar-refractivity contribution < 1.29 is 24.4 Å². The van der Waals surface area contributed by atoms with Crippen LogP contribution in [0.2, 0.25) is 0 Å². The Hall–Kier alpha value is -2.71. The number of amides is 3. The Kier molecular flexibility index (Phi) is 3.19. The largest absolute Gasteiger partial charge is 0.488 e. The summed E-state index contributed by atoms with van der Waals surface area (Å²) in [5.41, 5.74) is 1.17. The van der Waals surface area contributed by atoms with Gasteiger partial charge in [-0.25, -0.2) is 0 Å². The zero-order chi connectivity index (χ0) is 17.0. The predicted molar refractivity (Wildman–Crippen MR) is 86.8 cm³/mol. The minimum Gasteiger partial charge on any atom is -0.423 e. The van der Waals surface area contributed by atoms with E-state index in [9.17, 15) is 24.4 Å². The Bertz CT molecular complexity index is 911. The van der Waals surface area contributed by atoms with Gasteiger partial charge >= 0.3 is 7.12 Å². The minimum atomic E-state index is -1.69. The second kappa shape index (κ2) is 5.15. The fourth-order valence-electron chi connectivity index (χ4n) is 3.42. The van der Waals surface area contributed by atoms with Crippen molar-refractivity contribution in [1.82, 2.24) is 5.32 Å². The number of carbonyl (C=O) groups is 3. The third-order valence-electron chi connectivity index (χ3n) is 4.51. The summed E-state index contributed by atoms with van der Waals surface area (Å²) in [6, 6.07) is 7.47. The maximum atomic E-state index is 12.8. The van der Waals surface area contributed by atoms with Crippen LogP contribution in [-0.4, -0.2) is 40.9 Å². The van der Waals surface area contributed by atoms with Crippen molar-refractivity contribution >= 4 is 46.8 Å². The van der Waals surface area contributed by atoms with E-state index in [1.165, 1.54) is 11.0 Å². The van der Waals surface area contributed by atoms with Gasteiger partial charge in [-0.15, -0.1) is 0 Å². The van der Waals surface area contributed by atoms with Crippen LogP contribution in [0, 0.1) is 0 Å². The first kappa shape index (κ1) is 14.9. The smallest absolute Gasteiger partial charge is 0.423 e. The van der Waals surface area contributed by atoms with Crippen molar-refractivity contribution in [2.45, 2.75) is 18.9 Å². The number of rotatable bonds is 2. The average molecular weight is 324 g/mol. The third kappa shape index (κ3) is 2.04. The molecule has 0 bridgehead atoms. The molecular weight excluding hydrogens is 311 g/mol. The molecule has 2 aliphatic heterocycles. The Morgan fingerprint density at radius 3 is 2.67 bits per heavy atom. The van der Waals surface area contributed by atoms with Crippen LogP contribution in [0.3, 0.4) is 0 Å². The number of anilines is 1. The fraction of sp³-hybridized carbons (Fsp3) is 0.188. The quantitative estimate of drug-likeness (QED) is 0.499. The molecule has 2 aromatic rings. The van der Waals surface area contributed by atoms with Crippen LogP contribution in [0.4, 0.5) is 5.69 Å². The zero-order valence-corrected chi connectivity index (χ0v) is 12.5. The molecule has 1 saturated heterocycles. The Morgan fingerprint density at radius 1 is 1.17 bits per heavy atom. The van der Waals surface area contributed by atoms with Crippen molar-refractivity contribution in [2.24, 2.45) is 0 Å². The van der Waals surface area contributed by atoms with Crippen LogP contribution in [0.25, 0.3) is 10.8 Å². The van der Waals surface area contributed by atoms with Gasteiger partial charge in [-0.3, -0.25) is 24.6 Å². The summed E-state index contributed by atoms with van der Waals surface area (Å²) in [7, 11) is -1.69. The second-order valence-corrected chi connectivity index (χ2v) is 5.96. The molecule has 3 amide bonds. The van der Waals surface area contributed by atoms with Crippen LogP contribution in [-0.2, 0) is 9.59 Å². The maximum Gasteiger partial charge on any atom is 0.488 e. The Morgan fingerprint density at radius 2 is 1.96 bits per heavy atom. The number of nitrogens with zero attached hydrogens (tertiary/aromatic N) is 1. The van der Waals surface area contributed by atoms with Crippen LogP contribution in [0.1, 0.15) is 23.2 Å². The van der Waals surface area contributed by atoms with E-state index in [2.05, 4.69) is 5.32 Å². The van der Waals surface area contributed by atoms with Crippen molar-refractivity contribution in [2.75, 3.05) is 4.90 Å². The normalized spacial score (nSPS) is 19.8. The van der Waals surface area contributed by atoms with Crippen molar-refractivity contribution in [1.29, 1.82) is 0 Å². The van der Waals surface area contributed by atoms with Gasteiger partial charge < -0.3 is 10.0 Å². The molecule has 0 spiro atoms. The molecule has 1 fully saturated rings. The van der Waals surface area contributed by atoms with Gasteiger partial charge in [0.05, 0.1) is 5.69 Å². The van der Waals surface area contributed by atoms with Gasteiger partial charge in [-0.2, -0.15) is 0 Å². The highest BCUT2D eigenvalue weighted by Gasteiger charge is 2.41. The lowest BCUT2D eigenvalue weighted by Crippen LogP contribution is -2.53. The highest BCUT2D eigenvalue weighted by molar-refractivity contribution is 6.59. The van der Waals surface area contributed by atoms with Gasteiger partial charge in [0.15, 0.2) is 0 Å². The van der Waals surface area contributed by atoms with E-state index in [0.29, 0.717) is 22.0 Å². The van der Waals surface area contributed by atoms with E-state index >= 15 is 0 Å². The predicted octanol–water partition coefficient (Wildman–Crippen LogP) is -0.715. The first-order valence-electron chi connectivity index (χ1n) is 7.57. The number of benzene rings is 2. The molecule has 3 N–H and O–H groups in total. The van der Waals surface area contributed by atoms with Crippen molar-refractivity contribution in [3.05, 3.63) is 35.9 Å².